The number of rotatable bonds is 4. The number of nitrogens with zero attached hydrogens (tertiary/aromatic N) is 2. The van der Waals surface area contributed by atoms with E-state index in [4.69, 9.17) is 23.2 Å². The van der Waals surface area contributed by atoms with Crippen molar-refractivity contribution in [3.8, 4) is 0 Å². The Morgan fingerprint density at radius 3 is 2.45 bits per heavy atom. The Morgan fingerprint density at radius 1 is 1.30 bits per heavy atom. The van der Waals surface area contributed by atoms with Crippen molar-refractivity contribution in [2.75, 3.05) is 4.72 Å². The molecule has 0 aliphatic carbocycles. The molecule has 1 N–H and O–H groups in total. The Labute approximate surface area is 127 Å². The summed E-state index contributed by atoms with van der Waals surface area (Å²) in [5.41, 5.74) is 0.164. The van der Waals surface area contributed by atoms with Gasteiger partial charge in [-0.2, -0.15) is 8.42 Å². The summed E-state index contributed by atoms with van der Waals surface area (Å²) in [7, 11) is -3.80. The van der Waals surface area contributed by atoms with Gasteiger partial charge < -0.3 is 4.57 Å². The molecule has 0 radical (unpaired) electrons. The molecule has 1 heterocycles. The van der Waals surface area contributed by atoms with Crippen LogP contribution in [0.15, 0.2) is 29.4 Å². The Bertz CT molecular complexity index is 721. The molecule has 0 unspecified atom stereocenters. The molecule has 0 aliphatic rings. The summed E-state index contributed by atoms with van der Waals surface area (Å²) in [5, 5.41) is 0.550. The summed E-state index contributed by atoms with van der Waals surface area (Å²) in [5.74, 6) is 0.623. The smallest absolute Gasteiger partial charge is 0.279 e. The average molecular weight is 334 g/mol. The quantitative estimate of drug-likeness (QED) is 0.933. The molecule has 0 saturated carbocycles. The number of hydrogen-bond donors (Lipinski definition) is 1. The normalized spacial score (nSPS) is 11.6. The van der Waals surface area contributed by atoms with Gasteiger partial charge in [-0.05, 0) is 26.0 Å². The van der Waals surface area contributed by atoms with Crippen molar-refractivity contribution in [2.24, 2.45) is 0 Å². The number of para-hydroxylation sites is 1. The van der Waals surface area contributed by atoms with Crippen molar-refractivity contribution in [1.29, 1.82) is 0 Å². The molecular formula is C12H13Cl2N3O2S. The van der Waals surface area contributed by atoms with Crippen LogP contribution in [0.1, 0.15) is 12.7 Å². The van der Waals surface area contributed by atoms with Crippen LogP contribution in [0, 0.1) is 6.92 Å². The molecule has 2 aromatic rings. The van der Waals surface area contributed by atoms with Crippen molar-refractivity contribution >= 4 is 38.9 Å². The lowest BCUT2D eigenvalue weighted by Crippen LogP contribution is -2.18. The minimum absolute atomic E-state index is 0.0773. The fourth-order valence-electron chi connectivity index (χ4n) is 1.83. The largest absolute Gasteiger partial charge is 0.318 e. The van der Waals surface area contributed by atoms with Gasteiger partial charge in [-0.1, -0.05) is 29.3 Å². The second kappa shape index (κ2) is 5.63. The van der Waals surface area contributed by atoms with E-state index in [0.29, 0.717) is 12.4 Å². The molecule has 0 aliphatic heterocycles. The van der Waals surface area contributed by atoms with E-state index in [1.807, 2.05) is 6.92 Å². The van der Waals surface area contributed by atoms with E-state index in [-0.39, 0.29) is 20.8 Å². The monoisotopic (exact) mass is 333 g/mol. The summed E-state index contributed by atoms with van der Waals surface area (Å²) in [6.07, 6.45) is 1.31. The first-order chi connectivity index (χ1) is 9.36. The molecule has 1 aromatic carbocycles. The SMILES string of the molecule is CCn1c(S(=O)(=O)Nc2c(Cl)cccc2Cl)cnc1C. The van der Waals surface area contributed by atoms with Gasteiger partial charge in [-0.15, -0.1) is 0 Å². The zero-order valence-corrected chi connectivity index (χ0v) is 13.2. The Kier molecular flexibility index (Phi) is 4.27. The predicted molar refractivity (Wildman–Crippen MR) is 79.9 cm³/mol. The summed E-state index contributed by atoms with van der Waals surface area (Å²) in [6.45, 7) is 4.08. The lowest BCUT2D eigenvalue weighted by Gasteiger charge is -2.12. The minimum Gasteiger partial charge on any atom is -0.318 e. The van der Waals surface area contributed by atoms with Crippen molar-refractivity contribution in [2.45, 2.75) is 25.4 Å². The van der Waals surface area contributed by atoms with E-state index >= 15 is 0 Å². The lowest BCUT2D eigenvalue weighted by molar-refractivity contribution is 0.579. The van der Waals surface area contributed by atoms with Crippen LogP contribution in [-0.2, 0) is 16.6 Å². The Hall–Kier alpha value is -1.24. The molecule has 0 atom stereocenters. The number of nitrogens with one attached hydrogen (secondary N) is 1. The van der Waals surface area contributed by atoms with E-state index in [1.54, 1.807) is 29.7 Å². The van der Waals surface area contributed by atoms with Crippen LogP contribution in [0.5, 0.6) is 0 Å². The molecular weight excluding hydrogens is 321 g/mol. The molecule has 0 amide bonds. The molecule has 0 saturated heterocycles. The Balaban J connectivity index is 2.46. The minimum atomic E-state index is -3.80. The Morgan fingerprint density at radius 2 is 1.90 bits per heavy atom. The molecule has 1 aromatic heterocycles. The van der Waals surface area contributed by atoms with Crippen LogP contribution in [-0.4, -0.2) is 18.0 Å². The number of aryl methyl sites for hydroxylation is 1. The molecule has 0 bridgehead atoms. The lowest BCUT2D eigenvalue weighted by atomic mass is 10.3. The third-order valence-electron chi connectivity index (χ3n) is 2.81. The van der Waals surface area contributed by atoms with Gasteiger partial charge in [-0.25, -0.2) is 4.98 Å². The van der Waals surface area contributed by atoms with Crippen LogP contribution in [0.3, 0.4) is 0 Å². The van der Waals surface area contributed by atoms with Gasteiger partial charge in [0.05, 0.1) is 21.9 Å². The number of benzene rings is 1. The van der Waals surface area contributed by atoms with Crippen LogP contribution in [0.2, 0.25) is 10.0 Å². The third-order valence-corrected chi connectivity index (χ3v) is 4.79. The molecule has 0 fully saturated rings. The van der Waals surface area contributed by atoms with E-state index in [2.05, 4.69) is 9.71 Å². The van der Waals surface area contributed by atoms with Gasteiger partial charge >= 0.3 is 0 Å². The average Bonchev–Trinajstić information content (AvgIpc) is 2.76. The van der Waals surface area contributed by atoms with Crippen molar-refractivity contribution in [1.82, 2.24) is 9.55 Å². The highest BCUT2D eigenvalue weighted by atomic mass is 35.5. The predicted octanol–water partition coefficient (Wildman–Crippen LogP) is 3.32. The highest BCUT2D eigenvalue weighted by Gasteiger charge is 2.22. The first-order valence-electron chi connectivity index (χ1n) is 5.85. The van der Waals surface area contributed by atoms with Gasteiger partial charge in [0, 0.05) is 6.54 Å². The maximum Gasteiger partial charge on any atom is 0.279 e. The number of imidazole rings is 1. The van der Waals surface area contributed by atoms with E-state index in [9.17, 15) is 8.42 Å². The van der Waals surface area contributed by atoms with E-state index < -0.39 is 10.0 Å². The van der Waals surface area contributed by atoms with Gasteiger partial charge in [0.15, 0.2) is 5.03 Å². The molecule has 2 rings (SSSR count). The van der Waals surface area contributed by atoms with Gasteiger partial charge in [0.1, 0.15) is 5.82 Å². The number of hydrogen-bond acceptors (Lipinski definition) is 3. The summed E-state index contributed by atoms with van der Waals surface area (Å²) in [6, 6.07) is 4.77. The fourth-order valence-corrected chi connectivity index (χ4v) is 3.77. The zero-order valence-electron chi connectivity index (χ0n) is 10.9. The fraction of sp³-hybridized carbons (Fsp3) is 0.250. The van der Waals surface area contributed by atoms with E-state index in [1.165, 1.54) is 6.20 Å². The maximum atomic E-state index is 12.4. The molecule has 5 nitrogen and oxygen atoms in total. The topological polar surface area (TPSA) is 64.0 Å². The maximum absolute atomic E-state index is 12.4. The highest BCUT2D eigenvalue weighted by Crippen LogP contribution is 2.31. The number of anilines is 1. The van der Waals surface area contributed by atoms with Crippen LogP contribution < -0.4 is 4.72 Å². The van der Waals surface area contributed by atoms with Crippen molar-refractivity contribution in [3.05, 3.63) is 40.3 Å². The number of sulfonamides is 1. The molecule has 108 valence electrons. The first-order valence-corrected chi connectivity index (χ1v) is 8.09. The summed E-state index contributed by atoms with van der Waals surface area (Å²) >= 11 is 11.9. The van der Waals surface area contributed by atoms with Crippen LogP contribution in [0.4, 0.5) is 5.69 Å². The van der Waals surface area contributed by atoms with Crippen molar-refractivity contribution < 1.29 is 8.42 Å². The van der Waals surface area contributed by atoms with Crippen LogP contribution in [0.25, 0.3) is 0 Å². The molecule has 8 heteroatoms. The van der Waals surface area contributed by atoms with Gasteiger partial charge in [0.2, 0.25) is 0 Å². The standard InChI is InChI=1S/C12H13Cl2N3O2S/c1-3-17-8(2)15-7-11(17)20(18,19)16-12-9(13)5-4-6-10(12)14/h4-7,16H,3H2,1-2H3. The van der Waals surface area contributed by atoms with Crippen LogP contribution >= 0.6 is 23.2 Å². The highest BCUT2D eigenvalue weighted by molar-refractivity contribution is 7.92. The third kappa shape index (κ3) is 2.77. The number of aromatic nitrogens is 2. The molecule has 20 heavy (non-hydrogen) atoms. The van der Waals surface area contributed by atoms with Crippen molar-refractivity contribution in [3.63, 3.8) is 0 Å². The summed E-state index contributed by atoms with van der Waals surface area (Å²) in [4.78, 5) is 4.02. The van der Waals surface area contributed by atoms with E-state index in [0.717, 1.165) is 0 Å². The van der Waals surface area contributed by atoms with Gasteiger partial charge in [-0.3, -0.25) is 4.72 Å². The first kappa shape index (κ1) is 15.2. The van der Waals surface area contributed by atoms with Gasteiger partial charge in [0.25, 0.3) is 10.0 Å². The second-order valence-electron chi connectivity index (χ2n) is 4.09. The molecule has 0 spiro atoms. The summed E-state index contributed by atoms with van der Waals surface area (Å²) < 4.78 is 28.8. The number of halogens is 2. The zero-order chi connectivity index (χ0) is 14.9. The second-order valence-corrected chi connectivity index (χ2v) is 6.53.